The minimum atomic E-state index is -0.375. The quantitative estimate of drug-likeness (QED) is 0.907. The number of hydrogen-bond donors (Lipinski definition) is 2. The molecule has 104 valence electrons. The van der Waals surface area contributed by atoms with Crippen LogP contribution in [0, 0.1) is 0 Å². The number of carbonyl (C=O) groups excluding carboxylic acids is 1. The predicted molar refractivity (Wildman–Crippen MR) is 78.2 cm³/mol. The first-order chi connectivity index (χ1) is 9.60. The van der Waals surface area contributed by atoms with Crippen LogP contribution < -0.4 is 5.32 Å². The molecule has 0 aliphatic rings. The zero-order valence-electron chi connectivity index (χ0n) is 10.9. The number of hydrogen-bond acceptors (Lipinski definition) is 3. The molecule has 0 bridgehead atoms. The van der Waals surface area contributed by atoms with E-state index in [9.17, 15) is 9.90 Å². The average molecular weight is 292 g/mol. The number of methoxy groups -OCH3 is 1. The lowest BCUT2D eigenvalue weighted by atomic mass is 10.1. The summed E-state index contributed by atoms with van der Waals surface area (Å²) in [5.41, 5.74) is 1.82. The van der Waals surface area contributed by atoms with Crippen LogP contribution in [0.25, 0.3) is 0 Å². The monoisotopic (exact) mass is 291 g/mol. The number of halogens is 1. The van der Waals surface area contributed by atoms with Crippen LogP contribution in [0.3, 0.4) is 0 Å². The second kappa shape index (κ2) is 6.41. The number of rotatable bonds is 4. The molecule has 20 heavy (non-hydrogen) atoms. The van der Waals surface area contributed by atoms with Crippen molar-refractivity contribution in [2.45, 2.75) is 6.61 Å². The number of amides is 1. The number of ether oxygens (including phenoxy) is 1. The van der Waals surface area contributed by atoms with E-state index in [0.29, 0.717) is 12.3 Å². The molecule has 0 radical (unpaired) electrons. The topological polar surface area (TPSA) is 58.6 Å². The first-order valence-electron chi connectivity index (χ1n) is 5.98. The average Bonchev–Trinajstić information content (AvgIpc) is 2.42. The van der Waals surface area contributed by atoms with Crippen LogP contribution in [0.4, 0.5) is 5.69 Å². The van der Waals surface area contributed by atoms with Crippen molar-refractivity contribution in [3.8, 4) is 5.75 Å². The number of nitrogens with one attached hydrogen (secondary N) is 1. The molecule has 1 amide bonds. The van der Waals surface area contributed by atoms with Crippen molar-refractivity contribution < 1.29 is 14.6 Å². The minimum absolute atomic E-state index is 0.00677. The molecule has 2 N–H and O–H groups in total. The standard InChI is InChI=1S/C15H14ClNO3/c1-20-9-10-3-2-4-11(7-10)17-15(19)13-8-12(18)5-6-14(13)16/h2-8,18H,9H2,1H3,(H,17,19). The molecule has 2 rings (SSSR count). The molecule has 0 aromatic heterocycles. The summed E-state index contributed by atoms with van der Waals surface area (Å²) >= 11 is 5.95. The van der Waals surface area contributed by atoms with Gasteiger partial charge >= 0.3 is 0 Å². The van der Waals surface area contributed by atoms with Gasteiger partial charge < -0.3 is 15.2 Å². The van der Waals surface area contributed by atoms with Gasteiger partial charge in [-0.1, -0.05) is 23.7 Å². The summed E-state index contributed by atoms with van der Waals surface area (Å²) in [4.78, 5) is 12.1. The third kappa shape index (κ3) is 3.50. The van der Waals surface area contributed by atoms with Crippen molar-refractivity contribution in [2.24, 2.45) is 0 Å². The van der Waals surface area contributed by atoms with Gasteiger partial charge in [0.15, 0.2) is 0 Å². The maximum Gasteiger partial charge on any atom is 0.257 e. The number of phenols is 1. The van der Waals surface area contributed by atoms with Gasteiger partial charge in [-0.25, -0.2) is 0 Å². The number of phenolic OH excluding ortho intramolecular Hbond substituents is 1. The fourth-order valence-corrected chi connectivity index (χ4v) is 1.99. The molecule has 0 unspecified atom stereocenters. The van der Waals surface area contributed by atoms with Crippen LogP contribution in [-0.2, 0) is 11.3 Å². The molecule has 4 nitrogen and oxygen atoms in total. The summed E-state index contributed by atoms with van der Waals surface area (Å²) < 4.78 is 5.04. The maximum atomic E-state index is 12.1. The summed E-state index contributed by atoms with van der Waals surface area (Å²) in [6.45, 7) is 0.469. The Morgan fingerprint density at radius 3 is 2.85 bits per heavy atom. The summed E-state index contributed by atoms with van der Waals surface area (Å²) in [6, 6.07) is 11.6. The van der Waals surface area contributed by atoms with Crippen molar-refractivity contribution in [2.75, 3.05) is 12.4 Å². The second-order valence-corrected chi connectivity index (χ2v) is 4.66. The van der Waals surface area contributed by atoms with E-state index in [1.165, 1.54) is 18.2 Å². The van der Waals surface area contributed by atoms with E-state index in [0.717, 1.165) is 5.56 Å². The molecule has 0 aliphatic heterocycles. The minimum Gasteiger partial charge on any atom is -0.508 e. The van der Waals surface area contributed by atoms with Crippen LogP contribution in [0.1, 0.15) is 15.9 Å². The Bertz CT molecular complexity index is 628. The second-order valence-electron chi connectivity index (χ2n) is 4.25. The van der Waals surface area contributed by atoms with Gasteiger partial charge in [0.1, 0.15) is 5.75 Å². The van der Waals surface area contributed by atoms with E-state index in [4.69, 9.17) is 16.3 Å². The van der Waals surface area contributed by atoms with Gasteiger partial charge in [0.2, 0.25) is 0 Å². The molecule has 0 aliphatic carbocycles. The third-order valence-electron chi connectivity index (χ3n) is 2.69. The molecule has 0 saturated heterocycles. The fourth-order valence-electron chi connectivity index (χ4n) is 1.79. The van der Waals surface area contributed by atoms with E-state index >= 15 is 0 Å². The van der Waals surface area contributed by atoms with E-state index in [2.05, 4.69) is 5.32 Å². The first kappa shape index (κ1) is 14.4. The van der Waals surface area contributed by atoms with Gasteiger partial charge in [-0.15, -0.1) is 0 Å². The predicted octanol–water partition coefficient (Wildman–Crippen LogP) is 3.44. The molecule has 0 fully saturated rings. The molecule has 2 aromatic rings. The Hall–Kier alpha value is -2.04. The fraction of sp³-hybridized carbons (Fsp3) is 0.133. The van der Waals surface area contributed by atoms with Gasteiger partial charge in [-0.05, 0) is 35.9 Å². The molecule has 0 spiro atoms. The Balaban J connectivity index is 2.19. The Morgan fingerprint density at radius 1 is 1.30 bits per heavy atom. The molecule has 2 aromatic carbocycles. The van der Waals surface area contributed by atoms with Crippen LogP contribution >= 0.6 is 11.6 Å². The highest BCUT2D eigenvalue weighted by Gasteiger charge is 2.11. The molecule has 0 saturated carbocycles. The van der Waals surface area contributed by atoms with Gasteiger partial charge in [-0.3, -0.25) is 4.79 Å². The smallest absolute Gasteiger partial charge is 0.257 e. The lowest BCUT2D eigenvalue weighted by Crippen LogP contribution is -2.12. The zero-order chi connectivity index (χ0) is 14.5. The van der Waals surface area contributed by atoms with Crippen LogP contribution in [0.15, 0.2) is 42.5 Å². The van der Waals surface area contributed by atoms with Gasteiger partial charge in [0.05, 0.1) is 17.2 Å². The highest BCUT2D eigenvalue weighted by Crippen LogP contribution is 2.22. The normalized spacial score (nSPS) is 10.3. The van der Waals surface area contributed by atoms with Crippen molar-refractivity contribution >= 4 is 23.2 Å². The van der Waals surface area contributed by atoms with Crippen molar-refractivity contribution in [3.63, 3.8) is 0 Å². The van der Waals surface area contributed by atoms with Crippen molar-refractivity contribution in [3.05, 3.63) is 58.6 Å². The van der Waals surface area contributed by atoms with Crippen molar-refractivity contribution in [1.82, 2.24) is 0 Å². The maximum absolute atomic E-state index is 12.1. The largest absolute Gasteiger partial charge is 0.508 e. The first-order valence-corrected chi connectivity index (χ1v) is 6.35. The van der Waals surface area contributed by atoms with E-state index in [-0.39, 0.29) is 22.2 Å². The zero-order valence-corrected chi connectivity index (χ0v) is 11.6. The molecule has 0 atom stereocenters. The van der Waals surface area contributed by atoms with Crippen molar-refractivity contribution in [1.29, 1.82) is 0 Å². The number of carbonyl (C=O) groups is 1. The third-order valence-corrected chi connectivity index (χ3v) is 3.02. The summed E-state index contributed by atoms with van der Waals surface area (Å²) in [5.74, 6) is -0.381. The SMILES string of the molecule is COCc1cccc(NC(=O)c2cc(O)ccc2Cl)c1. The van der Waals surface area contributed by atoms with Crippen LogP contribution in [-0.4, -0.2) is 18.1 Å². The Morgan fingerprint density at radius 2 is 2.10 bits per heavy atom. The Kier molecular flexibility index (Phi) is 4.61. The molecular weight excluding hydrogens is 278 g/mol. The summed E-state index contributed by atoms with van der Waals surface area (Å²) in [7, 11) is 1.61. The summed E-state index contributed by atoms with van der Waals surface area (Å²) in [6.07, 6.45) is 0. The van der Waals surface area contributed by atoms with Gasteiger partial charge in [0, 0.05) is 12.8 Å². The van der Waals surface area contributed by atoms with Gasteiger partial charge in [-0.2, -0.15) is 0 Å². The van der Waals surface area contributed by atoms with E-state index < -0.39 is 0 Å². The lowest BCUT2D eigenvalue weighted by molar-refractivity contribution is 0.102. The Labute approximate surface area is 122 Å². The molecular formula is C15H14ClNO3. The number of anilines is 1. The van der Waals surface area contributed by atoms with Gasteiger partial charge in [0.25, 0.3) is 5.91 Å². The highest BCUT2D eigenvalue weighted by molar-refractivity contribution is 6.34. The highest BCUT2D eigenvalue weighted by atomic mass is 35.5. The number of benzene rings is 2. The van der Waals surface area contributed by atoms with Crippen LogP contribution in [0.2, 0.25) is 5.02 Å². The number of aromatic hydroxyl groups is 1. The summed E-state index contributed by atoms with van der Waals surface area (Å²) in [5, 5.41) is 12.4. The van der Waals surface area contributed by atoms with E-state index in [1.807, 2.05) is 18.2 Å². The van der Waals surface area contributed by atoms with E-state index in [1.54, 1.807) is 13.2 Å². The molecule has 0 heterocycles. The lowest BCUT2D eigenvalue weighted by Gasteiger charge is -2.08. The molecule has 5 heteroatoms. The van der Waals surface area contributed by atoms with Crippen LogP contribution in [0.5, 0.6) is 5.75 Å².